The average Bonchev–Trinajstić information content (AvgIpc) is 2.67. The van der Waals surface area contributed by atoms with E-state index in [1.807, 2.05) is 6.92 Å². The third-order valence-electron chi connectivity index (χ3n) is 4.18. The summed E-state index contributed by atoms with van der Waals surface area (Å²) in [4.78, 5) is 12.3. The van der Waals surface area contributed by atoms with Crippen LogP contribution in [0.2, 0.25) is 0 Å². The molecule has 0 radical (unpaired) electrons. The summed E-state index contributed by atoms with van der Waals surface area (Å²) >= 11 is 0. The molecule has 8 heteroatoms. The van der Waals surface area contributed by atoms with Gasteiger partial charge in [0, 0.05) is 5.56 Å². The van der Waals surface area contributed by atoms with E-state index in [1.54, 1.807) is 30.3 Å². The number of rotatable bonds is 5. The summed E-state index contributed by atoms with van der Waals surface area (Å²) in [6.07, 6.45) is 1.18. The molecule has 1 unspecified atom stereocenters. The van der Waals surface area contributed by atoms with Crippen LogP contribution >= 0.6 is 0 Å². The van der Waals surface area contributed by atoms with Crippen LogP contribution in [0.15, 0.2) is 59.2 Å². The molecule has 1 aliphatic rings. The molecular weight excluding hydrogens is 370 g/mol. The minimum atomic E-state index is -3.91. The van der Waals surface area contributed by atoms with Crippen molar-refractivity contribution < 1.29 is 27.4 Å². The molecule has 0 saturated heterocycles. The van der Waals surface area contributed by atoms with Crippen LogP contribution in [0.25, 0.3) is 0 Å². The molecule has 7 nitrogen and oxygen atoms in total. The number of hydrogen-bond acceptors (Lipinski definition) is 6. The Morgan fingerprint density at radius 1 is 1.11 bits per heavy atom. The van der Waals surface area contributed by atoms with Gasteiger partial charge in [-0.15, -0.1) is 0 Å². The van der Waals surface area contributed by atoms with Crippen LogP contribution in [-0.2, 0) is 19.6 Å². The van der Waals surface area contributed by atoms with Gasteiger partial charge in [0.1, 0.15) is 6.26 Å². The van der Waals surface area contributed by atoms with Crippen molar-refractivity contribution >= 4 is 16.0 Å². The van der Waals surface area contributed by atoms with Gasteiger partial charge in [0.25, 0.3) is 0 Å². The highest BCUT2D eigenvalue weighted by atomic mass is 32.2. The maximum absolute atomic E-state index is 12.9. The zero-order valence-corrected chi connectivity index (χ0v) is 15.9. The van der Waals surface area contributed by atoms with Crippen LogP contribution in [0.4, 0.5) is 0 Å². The topological polar surface area (TPSA) is 90.9 Å². The summed E-state index contributed by atoms with van der Waals surface area (Å²) in [6.45, 7) is 1.86. The zero-order valence-electron chi connectivity index (χ0n) is 15.1. The second-order valence-electron chi connectivity index (χ2n) is 5.93. The first-order valence-electron chi connectivity index (χ1n) is 8.08. The summed E-state index contributed by atoms with van der Waals surface area (Å²) in [5.41, 5.74) is 1.42. The van der Waals surface area contributed by atoms with Crippen LogP contribution in [-0.4, -0.2) is 28.6 Å². The van der Waals surface area contributed by atoms with Gasteiger partial charge in [-0.25, -0.2) is 13.2 Å². The Morgan fingerprint density at radius 3 is 2.44 bits per heavy atom. The Bertz CT molecular complexity index is 995. The number of fused-ring (bicyclic) bond motifs is 1. The summed E-state index contributed by atoms with van der Waals surface area (Å²) in [7, 11) is -1.21. The number of methoxy groups -OCH3 is 2. The molecule has 1 N–H and O–H groups in total. The van der Waals surface area contributed by atoms with Gasteiger partial charge < -0.3 is 14.2 Å². The Labute approximate surface area is 157 Å². The van der Waals surface area contributed by atoms with Gasteiger partial charge in [0.05, 0.1) is 30.7 Å². The minimum absolute atomic E-state index is 0.0361. The van der Waals surface area contributed by atoms with Crippen LogP contribution in [0.3, 0.4) is 0 Å². The van der Waals surface area contributed by atoms with Gasteiger partial charge in [-0.05, 0) is 25.1 Å². The molecule has 0 saturated carbocycles. The first-order valence-corrected chi connectivity index (χ1v) is 9.56. The maximum atomic E-state index is 12.9. The first-order chi connectivity index (χ1) is 12.9. The fraction of sp³-hybridized carbons (Fsp3) is 0.211. The largest absolute Gasteiger partial charge is 0.493 e. The molecule has 3 rings (SSSR count). The van der Waals surface area contributed by atoms with E-state index in [9.17, 15) is 13.2 Å². The van der Waals surface area contributed by atoms with E-state index in [4.69, 9.17) is 14.2 Å². The fourth-order valence-corrected chi connectivity index (χ4v) is 3.95. The van der Waals surface area contributed by atoms with Gasteiger partial charge in [-0.3, -0.25) is 0 Å². The van der Waals surface area contributed by atoms with E-state index in [0.29, 0.717) is 17.1 Å². The standard InChI is InChI=1S/C19H19NO6S/c1-12-7-9-13(10-8-12)27(22,23)20-17-14-5-4-6-16(24-2)18(14)26-11-15(17)19(21)25-3/h4-11,17,20H,1-3H3. The highest BCUT2D eigenvalue weighted by molar-refractivity contribution is 7.89. The van der Waals surface area contributed by atoms with Crippen molar-refractivity contribution in [1.29, 1.82) is 0 Å². The molecule has 1 atom stereocenters. The summed E-state index contributed by atoms with van der Waals surface area (Å²) in [5.74, 6) is 0.0662. The van der Waals surface area contributed by atoms with Crippen LogP contribution in [0.5, 0.6) is 11.5 Å². The van der Waals surface area contributed by atoms with Crippen molar-refractivity contribution in [2.24, 2.45) is 0 Å². The van der Waals surface area contributed by atoms with Crippen LogP contribution < -0.4 is 14.2 Å². The zero-order chi connectivity index (χ0) is 19.6. The molecule has 2 aromatic rings. The Kier molecular flexibility index (Phi) is 5.20. The lowest BCUT2D eigenvalue weighted by atomic mass is 9.97. The molecule has 0 aliphatic carbocycles. The van der Waals surface area contributed by atoms with Crippen LogP contribution in [0.1, 0.15) is 17.2 Å². The van der Waals surface area contributed by atoms with Crippen molar-refractivity contribution in [3.63, 3.8) is 0 Å². The highest BCUT2D eigenvalue weighted by Crippen LogP contribution is 2.41. The van der Waals surface area contributed by atoms with Crippen molar-refractivity contribution in [2.45, 2.75) is 17.9 Å². The van der Waals surface area contributed by atoms with E-state index in [0.717, 1.165) is 5.56 Å². The maximum Gasteiger partial charge on any atom is 0.338 e. The van der Waals surface area contributed by atoms with Gasteiger partial charge >= 0.3 is 5.97 Å². The van der Waals surface area contributed by atoms with E-state index < -0.39 is 22.0 Å². The molecular formula is C19H19NO6S. The van der Waals surface area contributed by atoms with E-state index >= 15 is 0 Å². The van der Waals surface area contributed by atoms with Crippen molar-refractivity contribution in [2.75, 3.05) is 14.2 Å². The summed E-state index contributed by atoms with van der Waals surface area (Å²) in [6, 6.07) is 10.5. The Morgan fingerprint density at radius 2 is 1.81 bits per heavy atom. The van der Waals surface area contributed by atoms with E-state index in [2.05, 4.69) is 4.72 Å². The minimum Gasteiger partial charge on any atom is -0.493 e. The molecule has 27 heavy (non-hydrogen) atoms. The predicted molar refractivity (Wildman–Crippen MR) is 98.0 cm³/mol. The molecule has 0 bridgehead atoms. The first kappa shape index (κ1) is 18.9. The van der Waals surface area contributed by atoms with Gasteiger partial charge in [-0.2, -0.15) is 4.72 Å². The van der Waals surface area contributed by atoms with Crippen molar-refractivity contribution in [3.8, 4) is 11.5 Å². The normalized spacial score (nSPS) is 16.0. The number of sulfonamides is 1. The van der Waals surface area contributed by atoms with Gasteiger partial charge in [-0.1, -0.05) is 29.8 Å². The number of hydrogen-bond donors (Lipinski definition) is 1. The Balaban J connectivity index is 2.06. The number of carbonyl (C=O) groups excluding carboxylic acids is 1. The van der Waals surface area contributed by atoms with E-state index in [1.165, 1.54) is 32.6 Å². The Hall–Kier alpha value is -2.84. The predicted octanol–water partition coefficient (Wildman–Crippen LogP) is 2.47. The molecule has 0 aromatic heterocycles. The third kappa shape index (κ3) is 3.67. The second kappa shape index (κ2) is 7.42. The van der Waals surface area contributed by atoms with Crippen molar-refractivity contribution in [1.82, 2.24) is 4.72 Å². The lowest BCUT2D eigenvalue weighted by molar-refractivity contribution is -0.136. The quantitative estimate of drug-likeness (QED) is 0.790. The highest BCUT2D eigenvalue weighted by Gasteiger charge is 2.35. The summed E-state index contributed by atoms with van der Waals surface area (Å²) in [5, 5.41) is 0. The van der Waals surface area contributed by atoms with Crippen molar-refractivity contribution in [3.05, 3.63) is 65.4 Å². The monoisotopic (exact) mass is 389 g/mol. The molecule has 0 fully saturated rings. The van der Waals surface area contributed by atoms with Gasteiger partial charge in [0.2, 0.25) is 10.0 Å². The molecule has 1 heterocycles. The lowest BCUT2D eigenvalue weighted by Crippen LogP contribution is -2.34. The third-order valence-corrected chi connectivity index (χ3v) is 5.62. The fourth-order valence-electron chi connectivity index (χ4n) is 2.76. The molecule has 1 aliphatic heterocycles. The smallest absolute Gasteiger partial charge is 0.338 e. The average molecular weight is 389 g/mol. The number of nitrogens with one attached hydrogen (secondary N) is 1. The number of benzene rings is 2. The lowest BCUT2D eigenvalue weighted by Gasteiger charge is -2.27. The number of aryl methyl sites for hydroxylation is 1. The molecule has 142 valence electrons. The summed E-state index contributed by atoms with van der Waals surface area (Å²) < 4.78 is 43.9. The molecule has 2 aromatic carbocycles. The number of esters is 1. The number of ether oxygens (including phenoxy) is 3. The van der Waals surface area contributed by atoms with E-state index in [-0.39, 0.29) is 10.5 Å². The van der Waals surface area contributed by atoms with Gasteiger partial charge in [0.15, 0.2) is 11.5 Å². The molecule has 0 spiro atoms. The molecule has 0 amide bonds. The number of carbonyl (C=O) groups is 1. The SMILES string of the molecule is COC(=O)C1=COc2c(OC)cccc2C1NS(=O)(=O)c1ccc(C)cc1. The number of para-hydroxylation sites is 1. The van der Waals surface area contributed by atoms with Crippen LogP contribution in [0, 0.1) is 6.92 Å². The second-order valence-corrected chi connectivity index (χ2v) is 7.64.